The van der Waals surface area contributed by atoms with Gasteiger partial charge in [-0.15, -0.1) is 0 Å². The lowest BCUT2D eigenvalue weighted by Crippen LogP contribution is -2.62. The number of nitrogens with one attached hydrogen (secondary N) is 7. The number of halogens is 15. The third-order valence-corrected chi connectivity index (χ3v) is 40.4. The summed E-state index contributed by atoms with van der Waals surface area (Å²) in [5, 5.41) is 27.4. The fraction of sp³-hybridized carbons (Fsp3) is 1.00. The highest BCUT2D eigenvalue weighted by Gasteiger charge is 2.66. The van der Waals surface area contributed by atoms with Gasteiger partial charge in [-0.25, -0.2) is 3.93 Å². The van der Waals surface area contributed by atoms with Crippen molar-refractivity contribution in [2.45, 2.75) is 129 Å². The van der Waals surface area contributed by atoms with Gasteiger partial charge in [0, 0.05) is 125 Å². The molecule has 59 heavy (non-hydrogen) atoms. The lowest BCUT2D eigenvalue weighted by Gasteiger charge is -2.46. The maximum Gasteiger partial charge on any atom is 0.269 e. The molecule has 31 atom stereocenters. The van der Waals surface area contributed by atoms with Gasteiger partial charge in [0.2, 0.25) is 0 Å². The summed E-state index contributed by atoms with van der Waals surface area (Å²) in [4.78, 5) is 0.563. The predicted octanol–water partition coefficient (Wildman–Crippen LogP) is 7.72. The average molecular weight is 1820 g/mol. The highest BCUT2D eigenvalue weighted by atomic mass is 79.9. The standard InChI is InChI=1S/C32H41Br15N8O3S/c33-3-1-2-4(12(35)11(3)34)26-48-25(2)49-30-10-7(15(38)22(45)23(46)24(10)59(56,57)58)28(52-30)50-27-5-6(14(37)19(42)18(41)13(5)36)29(51-27)54-32-9-8(31(53-26)55(32)47)16(39)20(43)21(44)17(9)40/h2-32,48-54H,1H2,(H,56,57,58). The SMILES string of the molecule is O=S(=O)(O)C1C(Br)C(Br)C(Br)C2C3NC4NC(NC5C6C(Br)C(Br)C(Br)C(Br)C6C(NC6NC(NC(N3)C21)C1CC(Br)C(Br)C(Br)C61)N5Br)C1C(Br)C(Br)C(Br)C(Br)C41. The first-order valence-corrected chi connectivity index (χ1v) is 34.4. The van der Waals surface area contributed by atoms with Crippen LogP contribution in [0.2, 0.25) is 0 Å². The van der Waals surface area contributed by atoms with Crippen LogP contribution in [0.25, 0.3) is 0 Å². The quantitative estimate of drug-likeness (QED) is 0.0744. The fourth-order valence-electron chi connectivity index (χ4n) is 12.2. The average Bonchev–Trinajstić information content (AvgIpc) is 3.89. The third-order valence-electron chi connectivity index (χ3n) is 14.8. The van der Waals surface area contributed by atoms with Crippen LogP contribution in [0.1, 0.15) is 6.42 Å². The van der Waals surface area contributed by atoms with Crippen LogP contribution in [0.15, 0.2) is 0 Å². The zero-order valence-electron chi connectivity index (χ0n) is 29.9. The van der Waals surface area contributed by atoms with Crippen molar-refractivity contribution in [1.82, 2.24) is 41.1 Å². The Morgan fingerprint density at radius 1 is 0.390 bits per heavy atom. The number of hydrogen-bond acceptors (Lipinski definition) is 10. The molecule has 31 unspecified atom stereocenters. The Morgan fingerprint density at radius 2 is 0.712 bits per heavy atom. The molecule has 338 valence electrons. The third kappa shape index (κ3) is 8.56. The summed E-state index contributed by atoms with van der Waals surface area (Å²) in [6.07, 6.45) is -0.760. The topological polar surface area (TPSA) is 142 Å². The molecule has 0 aromatic heterocycles. The normalized spacial score (nSPS) is 62.6. The number of nitrogens with zero attached hydrogens (tertiary/aromatic N) is 1. The van der Waals surface area contributed by atoms with Gasteiger partial charge in [0.25, 0.3) is 10.1 Å². The molecule has 0 amide bonds. The van der Waals surface area contributed by atoms with Crippen LogP contribution < -0.4 is 37.2 Å². The Morgan fingerprint density at radius 3 is 1.15 bits per heavy atom. The van der Waals surface area contributed by atoms with E-state index in [9.17, 15) is 13.0 Å². The van der Waals surface area contributed by atoms with Crippen LogP contribution in [0.3, 0.4) is 0 Å². The van der Waals surface area contributed by atoms with Gasteiger partial charge < -0.3 is 0 Å². The number of hydrogen-bond donors (Lipinski definition) is 8. The first-order chi connectivity index (χ1) is 27.6. The van der Waals surface area contributed by atoms with Crippen molar-refractivity contribution in [2.24, 2.45) is 47.3 Å². The summed E-state index contributed by atoms with van der Waals surface area (Å²) in [6.45, 7) is 0. The van der Waals surface area contributed by atoms with E-state index in [2.05, 4.69) is 280 Å². The molecule has 0 aromatic rings. The first kappa shape index (κ1) is 50.7. The van der Waals surface area contributed by atoms with Crippen molar-refractivity contribution in [1.29, 1.82) is 0 Å². The van der Waals surface area contributed by atoms with Gasteiger partial charge in [-0.2, -0.15) is 8.42 Å². The molecular formula is C32H41Br15N8O3S. The van der Waals surface area contributed by atoms with Gasteiger partial charge in [-0.05, 0) is 12.3 Å². The van der Waals surface area contributed by atoms with Crippen LogP contribution in [-0.4, -0.2) is 139 Å². The van der Waals surface area contributed by atoms with Crippen LogP contribution >= 0.6 is 239 Å². The van der Waals surface area contributed by atoms with Gasteiger partial charge >= 0.3 is 0 Å². The molecule has 8 N–H and O–H groups in total. The predicted molar refractivity (Wildman–Crippen MR) is 289 cm³/mol. The zero-order valence-corrected chi connectivity index (χ0v) is 54.5. The molecule has 9 aliphatic rings. The minimum Gasteiger partial charge on any atom is -0.286 e. The van der Waals surface area contributed by atoms with E-state index in [-0.39, 0.29) is 147 Å². The van der Waals surface area contributed by atoms with Crippen molar-refractivity contribution < 1.29 is 13.0 Å². The van der Waals surface area contributed by atoms with Gasteiger partial charge in [-0.3, -0.25) is 41.8 Å². The van der Waals surface area contributed by atoms with Crippen molar-refractivity contribution >= 4 is 249 Å². The monoisotopic (exact) mass is 1800 g/mol. The zero-order chi connectivity index (χ0) is 42.6. The van der Waals surface area contributed by atoms with Crippen molar-refractivity contribution in [2.75, 3.05) is 0 Å². The van der Waals surface area contributed by atoms with Crippen LogP contribution in [0.5, 0.6) is 0 Å². The molecule has 5 saturated heterocycles. The summed E-state index contributed by atoms with van der Waals surface area (Å²) in [5.74, 6) is 0.125. The molecular weight excluding hydrogens is 1780 g/mol. The largest absolute Gasteiger partial charge is 0.286 e. The number of fused-ring (bicyclic) bond motifs is 20. The molecule has 4 aliphatic carbocycles. The molecule has 0 radical (unpaired) electrons. The van der Waals surface area contributed by atoms with Crippen molar-refractivity contribution in [3.8, 4) is 0 Å². The second kappa shape index (κ2) is 19.3. The summed E-state index contributed by atoms with van der Waals surface area (Å²) in [6, 6.07) is 0. The summed E-state index contributed by atoms with van der Waals surface area (Å²) in [5.41, 5.74) is 0. The van der Waals surface area contributed by atoms with E-state index in [1.54, 1.807) is 0 Å². The molecule has 8 bridgehead atoms. The van der Waals surface area contributed by atoms with Crippen LogP contribution in [0.4, 0.5) is 0 Å². The molecule has 0 spiro atoms. The lowest BCUT2D eigenvalue weighted by molar-refractivity contribution is 0.177. The maximum absolute atomic E-state index is 13.6. The molecule has 0 aromatic carbocycles. The molecule has 27 heteroatoms. The molecule has 11 nitrogen and oxygen atoms in total. The van der Waals surface area contributed by atoms with Gasteiger partial charge in [0.05, 0.1) is 49.3 Å². The molecule has 9 rings (SSSR count). The van der Waals surface area contributed by atoms with E-state index in [4.69, 9.17) is 0 Å². The summed E-state index contributed by atoms with van der Waals surface area (Å²) < 4.78 is 40.5. The van der Waals surface area contributed by atoms with Crippen LogP contribution in [0, 0.1) is 47.3 Å². The van der Waals surface area contributed by atoms with Gasteiger partial charge in [0.1, 0.15) is 5.25 Å². The van der Waals surface area contributed by atoms with Crippen molar-refractivity contribution in [3.63, 3.8) is 0 Å². The Hall–Kier alpha value is 6.79. The smallest absolute Gasteiger partial charge is 0.269 e. The Kier molecular flexibility index (Phi) is 16.6. The summed E-state index contributed by atoms with van der Waals surface area (Å²) >= 11 is 61.2. The highest BCUT2D eigenvalue weighted by Crippen LogP contribution is 2.57. The number of rotatable bonds is 1. The minimum absolute atomic E-state index is 0.0801. The first-order valence-electron chi connectivity index (χ1n) is 19.4. The van der Waals surface area contributed by atoms with Gasteiger partial charge in [0.15, 0.2) is 0 Å². The highest BCUT2D eigenvalue weighted by molar-refractivity contribution is 9.15. The van der Waals surface area contributed by atoms with E-state index in [0.29, 0.717) is 0 Å². The van der Waals surface area contributed by atoms with E-state index < -0.39 is 32.3 Å². The Bertz CT molecular complexity index is 1710. The van der Waals surface area contributed by atoms with E-state index in [0.717, 1.165) is 6.42 Å². The van der Waals surface area contributed by atoms with Crippen LogP contribution in [-0.2, 0) is 10.1 Å². The Labute approximate surface area is 471 Å². The minimum atomic E-state index is -4.50. The van der Waals surface area contributed by atoms with E-state index in [1.165, 1.54) is 0 Å². The fourth-order valence-corrected chi connectivity index (χ4v) is 29.1. The summed E-state index contributed by atoms with van der Waals surface area (Å²) in [7, 11) is -4.50. The molecule has 4 saturated carbocycles. The van der Waals surface area contributed by atoms with E-state index in [1.807, 2.05) is 0 Å². The lowest BCUT2D eigenvalue weighted by atomic mass is 9.76. The molecule has 5 heterocycles. The Balaban J connectivity index is 1.18. The molecule has 5 aliphatic heterocycles. The molecule has 9 fully saturated rings. The second-order valence-corrected chi connectivity index (χ2v) is 34.8. The maximum atomic E-state index is 13.6. The van der Waals surface area contributed by atoms with E-state index >= 15 is 0 Å². The second-order valence-electron chi connectivity index (χ2n) is 17.5. The van der Waals surface area contributed by atoms with Gasteiger partial charge in [-0.1, -0.05) is 223 Å². The van der Waals surface area contributed by atoms with Crippen molar-refractivity contribution in [3.05, 3.63) is 0 Å². The number of alkyl halides is 14.